The van der Waals surface area contributed by atoms with Crippen LogP contribution in [0.5, 0.6) is 0 Å². The molecule has 2 aromatic carbocycles. The van der Waals surface area contributed by atoms with Crippen LogP contribution in [0, 0.1) is 0 Å². The van der Waals surface area contributed by atoms with Crippen molar-refractivity contribution in [3.8, 4) is 0 Å². The highest BCUT2D eigenvalue weighted by molar-refractivity contribution is 5.73. The summed E-state index contributed by atoms with van der Waals surface area (Å²) in [6.45, 7) is 0. The van der Waals surface area contributed by atoms with Gasteiger partial charge in [0.15, 0.2) is 5.58 Å². The second-order valence-electron chi connectivity index (χ2n) is 4.61. The predicted molar refractivity (Wildman–Crippen MR) is 88.1 cm³/mol. The maximum atomic E-state index is 5.61. The fourth-order valence-corrected chi connectivity index (χ4v) is 2.03. The van der Waals surface area contributed by atoms with Gasteiger partial charge in [-0.3, -0.25) is 0 Å². The van der Waals surface area contributed by atoms with Gasteiger partial charge in [0.25, 0.3) is 0 Å². The second kappa shape index (κ2) is 6.09. The molecule has 0 fully saturated rings. The molecule has 0 unspecified atom stereocenters. The van der Waals surface area contributed by atoms with Crippen LogP contribution in [0.4, 0.5) is 5.69 Å². The first-order chi connectivity index (χ1) is 10.3. The van der Waals surface area contributed by atoms with E-state index < -0.39 is 0 Å². The van der Waals surface area contributed by atoms with Crippen LogP contribution >= 0.6 is 0 Å². The summed E-state index contributed by atoms with van der Waals surface area (Å²) >= 11 is 0. The number of aromatic nitrogens is 1. The number of nitrogens with zero attached hydrogens (tertiary/aromatic N) is 1. The lowest BCUT2D eigenvalue weighted by atomic mass is 10.2. The fraction of sp³-hybridized carbons (Fsp3) is 0.0556. The summed E-state index contributed by atoms with van der Waals surface area (Å²) < 4.78 is 5.61. The van der Waals surface area contributed by atoms with Gasteiger partial charge in [0.2, 0.25) is 5.89 Å². The van der Waals surface area contributed by atoms with Crippen molar-refractivity contribution in [2.45, 2.75) is 0 Å². The molecule has 0 radical (unpaired) electrons. The van der Waals surface area contributed by atoms with Crippen molar-refractivity contribution in [2.75, 3.05) is 12.4 Å². The minimum atomic E-state index is 0.617. The Labute approximate surface area is 123 Å². The minimum Gasteiger partial charge on any atom is -0.437 e. The molecule has 0 aliphatic carbocycles. The van der Waals surface area contributed by atoms with E-state index in [4.69, 9.17) is 4.42 Å². The summed E-state index contributed by atoms with van der Waals surface area (Å²) in [6.07, 6.45) is 7.80. The Kier molecular flexibility index (Phi) is 3.83. The molecular formula is C18H16N2O. The zero-order valence-electron chi connectivity index (χ0n) is 11.8. The highest BCUT2D eigenvalue weighted by Crippen LogP contribution is 2.15. The number of rotatable bonds is 4. The summed E-state index contributed by atoms with van der Waals surface area (Å²) in [4.78, 5) is 4.38. The molecule has 3 nitrogen and oxygen atoms in total. The molecule has 1 N–H and O–H groups in total. The van der Waals surface area contributed by atoms with Crippen molar-refractivity contribution in [1.82, 2.24) is 4.98 Å². The van der Waals surface area contributed by atoms with Crippen molar-refractivity contribution in [3.63, 3.8) is 0 Å². The highest BCUT2D eigenvalue weighted by atomic mass is 16.3. The summed E-state index contributed by atoms with van der Waals surface area (Å²) in [6, 6.07) is 16.0. The normalized spacial score (nSPS) is 11.7. The molecule has 0 saturated heterocycles. The van der Waals surface area contributed by atoms with Gasteiger partial charge in [0.05, 0.1) is 0 Å². The molecule has 0 saturated carbocycles. The topological polar surface area (TPSA) is 38.1 Å². The summed E-state index contributed by atoms with van der Waals surface area (Å²) in [5.74, 6) is 0.617. The van der Waals surface area contributed by atoms with Crippen LogP contribution in [0.15, 0.2) is 65.1 Å². The molecule has 3 rings (SSSR count). The summed E-state index contributed by atoms with van der Waals surface area (Å²) in [5, 5.41) is 3.10. The van der Waals surface area contributed by atoms with Crippen molar-refractivity contribution in [1.29, 1.82) is 0 Å². The maximum absolute atomic E-state index is 5.61. The largest absolute Gasteiger partial charge is 0.437 e. The summed E-state index contributed by atoms with van der Waals surface area (Å²) in [7, 11) is 1.91. The number of allylic oxidation sites excluding steroid dienone is 2. The molecular weight excluding hydrogens is 260 g/mol. The number of para-hydroxylation sites is 2. The molecule has 0 bridgehead atoms. The minimum absolute atomic E-state index is 0.617. The standard InChI is InChI=1S/C18H16N2O/c1-19-15-12-10-14(11-13-15)6-2-5-9-18-20-16-7-3-4-8-17(16)21-18/h2-13,19H,1H3/b6-2+,9-5+. The van der Waals surface area contributed by atoms with E-state index in [1.54, 1.807) is 0 Å². The van der Waals surface area contributed by atoms with Gasteiger partial charge in [-0.05, 0) is 29.8 Å². The van der Waals surface area contributed by atoms with Crippen LogP contribution in [0.1, 0.15) is 11.5 Å². The molecule has 0 amide bonds. The molecule has 0 aliphatic rings. The van der Waals surface area contributed by atoms with Gasteiger partial charge in [-0.2, -0.15) is 0 Å². The first-order valence-corrected chi connectivity index (χ1v) is 6.83. The zero-order chi connectivity index (χ0) is 14.5. The number of anilines is 1. The van der Waals surface area contributed by atoms with E-state index in [-0.39, 0.29) is 0 Å². The van der Waals surface area contributed by atoms with Gasteiger partial charge < -0.3 is 9.73 Å². The Balaban J connectivity index is 1.69. The molecule has 0 atom stereocenters. The van der Waals surface area contributed by atoms with Gasteiger partial charge >= 0.3 is 0 Å². The fourth-order valence-electron chi connectivity index (χ4n) is 2.03. The van der Waals surface area contributed by atoms with Gasteiger partial charge in [-0.15, -0.1) is 0 Å². The lowest BCUT2D eigenvalue weighted by Gasteiger charge is -1.98. The van der Waals surface area contributed by atoms with E-state index in [1.165, 1.54) is 0 Å². The first kappa shape index (κ1) is 13.2. The van der Waals surface area contributed by atoms with Crippen molar-refractivity contribution in [3.05, 3.63) is 72.1 Å². The number of hydrogen-bond acceptors (Lipinski definition) is 3. The van der Waals surface area contributed by atoms with Crippen molar-refractivity contribution in [2.24, 2.45) is 0 Å². The molecule has 0 spiro atoms. The molecule has 1 heterocycles. The summed E-state index contributed by atoms with van der Waals surface area (Å²) in [5.41, 5.74) is 3.94. The number of oxazole rings is 1. The third-order valence-electron chi connectivity index (χ3n) is 3.15. The van der Waals surface area contributed by atoms with Crippen LogP contribution in [-0.4, -0.2) is 12.0 Å². The van der Waals surface area contributed by atoms with Gasteiger partial charge in [-0.25, -0.2) is 4.98 Å². The smallest absolute Gasteiger partial charge is 0.219 e. The van der Waals surface area contributed by atoms with Crippen LogP contribution in [0.25, 0.3) is 23.3 Å². The lowest BCUT2D eigenvalue weighted by Crippen LogP contribution is -1.86. The predicted octanol–water partition coefficient (Wildman–Crippen LogP) is 4.60. The number of hydrogen-bond donors (Lipinski definition) is 1. The average Bonchev–Trinajstić information content (AvgIpc) is 2.95. The van der Waals surface area contributed by atoms with E-state index in [1.807, 2.05) is 67.7 Å². The number of fused-ring (bicyclic) bond motifs is 1. The molecule has 3 heteroatoms. The Morgan fingerprint density at radius 3 is 2.48 bits per heavy atom. The van der Waals surface area contributed by atoms with Gasteiger partial charge in [0.1, 0.15) is 5.52 Å². The molecule has 3 aromatic rings. The van der Waals surface area contributed by atoms with Crippen LogP contribution in [-0.2, 0) is 0 Å². The molecule has 1 aromatic heterocycles. The molecule has 104 valence electrons. The first-order valence-electron chi connectivity index (χ1n) is 6.83. The second-order valence-corrected chi connectivity index (χ2v) is 4.61. The number of nitrogens with one attached hydrogen (secondary N) is 1. The Hall–Kier alpha value is -2.81. The maximum Gasteiger partial charge on any atom is 0.219 e. The van der Waals surface area contributed by atoms with E-state index >= 15 is 0 Å². The average molecular weight is 276 g/mol. The number of benzene rings is 2. The van der Waals surface area contributed by atoms with Gasteiger partial charge in [-0.1, -0.05) is 42.5 Å². The SMILES string of the molecule is CNc1ccc(/C=C/C=C/c2nc3ccccc3o2)cc1. The van der Waals surface area contributed by atoms with Crippen LogP contribution in [0.3, 0.4) is 0 Å². The monoisotopic (exact) mass is 276 g/mol. The van der Waals surface area contributed by atoms with E-state index in [2.05, 4.69) is 22.4 Å². The van der Waals surface area contributed by atoms with Crippen molar-refractivity contribution >= 4 is 28.9 Å². The van der Waals surface area contributed by atoms with E-state index in [0.29, 0.717) is 5.89 Å². The Morgan fingerprint density at radius 2 is 1.71 bits per heavy atom. The quantitative estimate of drug-likeness (QED) is 0.708. The zero-order valence-corrected chi connectivity index (χ0v) is 11.8. The molecule has 21 heavy (non-hydrogen) atoms. The lowest BCUT2D eigenvalue weighted by molar-refractivity contribution is 0.589. The Bertz CT molecular complexity index is 749. The third kappa shape index (κ3) is 3.20. The van der Waals surface area contributed by atoms with E-state index in [9.17, 15) is 0 Å². The van der Waals surface area contributed by atoms with Crippen molar-refractivity contribution < 1.29 is 4.42 Å². The Morgan fingerprint density at radius 1 is 0.952 bits per heavy atom. The van der Waals surface area contributed by atoms with Gasteiger partial charge in [0, 0.05) is 18.8 Å². The third-order valence-corrected chi connectivity index (χ3v) is 3.15. The van der Waals surface area contributed by atoms with Crippen LogP contribution in [0.2, 0.25) is 0 Å². The molecule has 0 aliphatic heterocycles. The van der Waals surface area contributed by atoms with Crippen LogP contribution < -0.4 is 5.32 Å². The highest BCUT2D eigenvalue weighted by Gasteiger charge is 1.99. The van der Waals surface area contributed by atoms with E-state index in [0.717, 1.165) is 22.4 Å².